The Balaban J connectivity index is 1.97. The van der Waals surface area contributed by atoms with Crippen LogP contribution in [0.1, 0.15) is 6.92 Å². The van der Waals surface area contributed by atoms with Crippen LogP contribution in [0.3, 0.4) is 0 Å². The quantitative estimate of drug-likeness (QED) is 0.504. The van der Waals surface area contributed by atoms with Gasteiger partial charge in [-0.25, -0.2) is 4.79 Å². The third kappa shape index (κ3) is 2.40. The Labute approximate surface area is 135 Å². The number of hydrogen-bond donors (Lipinski definition) is 1. The first kappa shape index (κ1) is 15.3. The summed E-state index contributed by atoms with van der Waals surface area (Å²) in [5.74, 6) is -2.13. The highest BCUT2D eigenvalue weighted by atomic mass is 35.5. The van der Waals surface area contributed by atoms with E-state index in [4.69, 9.17) is 16.3 Å². The molecule has 8 nitrogen and oxygen atoms in total. The summed E-state index contributed by atoms with van der Waals surface area (Å²) in [6.45, 7) is 1.21. The van der Waals surface area contributed by atoms with Crippen molar-refractivity contribution in [2.24, 2.45) is 0 Å². The van der Waals surface area contributed by atoms with Crippen LogP contribution < -0.4 is 10.2 Å². The fraction of sp³-hybridized carbons (Fsp3) is 0.286. The van der Waals surface area contributed by atoms with Crippen molar-refractivity contribution in [3.8, 4) is 0 Å². The normalized spacial score (nSPS) is 19.4. The van der Waals surface area contributed by atoms with Gasteiger partial charge in [-0.1, -0.05) is 11.6 Å². The zero-order valence-corrected chi connectivity index (χ0v) is 12.8. The molecule has 0 saturated carbocycles. The van der Waals surface area contributed by atoms with Gasteiger partial charge in [0.1, 0.15) is 6.54 Å². The van der Waals surface area contributed by atoms with Crippen molar-refractivity contribution in [1.82, 2.24) is 4.90 Å². The summed E-state index contributed by atoms with van der Waals surface area (Å²) in [7, 11) is 0. The maximum atomic E-state index is 12.5. The molecule has 1 saturated heterocycles. The SMILES string of the molecule is CCOC(=O)CN1C(=O)C2C(=O)Nc3cc(Cl)ccc3N2C1=O. The molecule has 0 bridgehead atoms. The van der Waals surface area contributed by atoms with Gasteiger partial charge in [0.2, 0.25) is 0 Å². The van der Waals surface area contributed by atoms with Gasteiger partial charge in [-0.3, -0.25) is 24.2 Å². The third-order valence-electron chi connectivity index (χ3n) is 3.51. The van der Waals surface area contributed by atoms with E-state index in [-0.39, 0.29) is 6.61 Å². The molecule has 9 heteroatoms. The van der Waals surface area contributed by atoms with Crippen molar-refractivity contribution in [3.63, 3.8) is 0 Å². The first-order valence-electron chi connectivity index (χ1n) is 6.84. The van der Waals surface area contributed by atoms with E-state index in [0.29, 0.717) is 21.3 Å². The molecule has 1 unspecified atom stereocenters. The fourth-order valence-corrected chi connectivity index (χ4v) is 2.74. The van der Waals surface area contributed by atoms with Gasteiger partial charge in [-0.15, -0.1) is 0 Å². The number of anilines is 2. The summed E-state index contributed by atoms with van der Waals surface area (Å²) in [6, 6.07) is 2.48. The lowest BCUT2D eigenvalue weighted by Gasteiger charge is -2.28. The number of fused-ring (bicyclic) bond motifs is 3. The number of urea groups is 1. The molecule has 1 fully saturated rings. The maximum Gasteiger partial charge on any atom is 0.333 e. The number of halogens is 1. The van der Waals surface area contributed by atoms with Crippen LogP contribution >= 0.6 is 11.6 Å². The molecule has 1 N–H and O–H groups in total. The van der Waals surface area contributed by atoms with Crippen molar-refractivity contribution < 1.29 is 23.9 Å². The Morgan fingerprint density at radius 1 is 1.35 bits per heavy atom. The van der Waals surface area contributed by atoms with Crippen LogP contribution in [0.25, 0.3) is 0 Å². The molecule has 2 heterocycles. The lowest BCUT2D eigenvalue weighted by molar-refractivity contribution is -0.147. The summed E-state index contributed by atoms with van der Waals surface area (Å²) in [6.07, 6.45) is 0. The van der Waals surface area contributed by atoms with Crippen LogP contribution in [0.5, 0.6) is 0 Å². The summed E-state index contributed by atoms with van der Waals surface area (Å²) in [5.41, 5.74) is 0.682. The van der Waals surface area contributed by atoms with Crippen LogP contribution in [0.2, 0.25) is 5.02 Å². The molecule has 4 amide bonds. The number of hydrogen-bond acceptors (Lipinski definition) is 5. The monoisotopic (exact) mass is 337 g/mol. The van der Waals surface area contributed by atoms with Gasteiger partial charge < -0.3 is 10.1 Å². The van der Waals surface area contributed by atoms with E-state index >= 15 is 0 Å². The number of nitrogens with zero attached hydrogens (tertiary/aromatic N) is 2. The molecule has 0 radical (unpaired) electrons. The van der Waals surface area contributed by atoms with Crippen molar-refractivity contribution in [1.29, 1.82) is 0 Å². The van der Waals surface area contributed by atoms with Crippen LogP contribution in [0, 0.1) is 0 Å². The van der Waals surface area contributed by atoms with E-state index in [0.717, 1.165) is 4.90 Å². The van der Waals surface area contributed by atoms with Crippen molar-refractivity contribution >= 4 is 46.8 Å². The Hall–Kier alpha value is -2.61. The number of carbonyl (C=O) groups is 4. The Kier molecular flexibility index (Phi) is 3.69. The minimum absolute atomic E-state index is 0.129. The number of ether oxygens (including phenoxy) is 1. The van der Waals surface area contributed by atoms with Gasteiger partial charge in [0.05, 0.1) is 18.0 Å². The number of imide groups is 1. The van der Waals surface area contributed by atoms with Gasteiger partial charge in [0, 0.05) is 5.02 Å². The highest BCUT2D eigenvalue weighted by Gasteiger charge is 2.53. The Bertz CT molecular complexity index is 735. The second kappa shape index (κ2) is 5.54. The minimum atomic E-state index is -1.33. The van der Waals surface area contributed by atoms with Crippen molar-refractivity contribution in [2.75, 3.05) is 23.4 Å². The van der Waals surface area contributed by atoms with E-state index in [2.05, 4.69) is 5.32 Å². The summed E-state index contributed by atoms with van der Waals surface area (Å²) in [4.78, 5) is 50.3. The Morgan fingerprint density at radius 3 is 2.78 bits per heavy atom. The second-order valence-corrected chi connectivity index (χ2v) is 5.37. The zero-order chi connectivity index (χ0) is 16.7. The lowest BCUT2D eigenvalue weighted by Crippen LogP contribution is -2.48. The summed E-state index contributed by atoms with van der Waals surface area (Å²) >= 11 is 5.87. The van der Waals surface area contributed by atoms with E-state index in [9.17, 15) is 19.2 Å². The van der Waals surface area contributed by atoms with Gasteiger partial charge >= 0.3 is 12.0 Å². The topological polar surface area (TPSA) is 96.0 Å². The molecular weight excluding hydrogens is 326 g/mol. The number of esters is 1. The molecule has 120 valence electrons. The molecular formula is C14H12ClN3O5. The van der Waals surface area contributed by atoms with E-state index in [1.807, 2.05) is 0 Å². The first-order valence-corrected chi connectivity index (χ1v) is 7.22. The molecule has 2 aliphatic heterocycles. The number of rotatable bonds is 3. The fourth-order valence-electron chi connectivity index (χ4n) is 2.57. The lowest BCUT2D eigenvalue weighted by atomic mass is 10.1. The molecule has 1 aromatic rings. The third-order valence-corrected chi connectivity index (χ3v) is 3.75. The minimum Gasteiger partial charge on any atom is -0.465 e. The van der Waals surface area contributed by atoms with Crippen molar-refractivity contribution in [2.45, 2.75) is 13.0 Å². The smallest absolute Gasteiger partial charge is 0.333 e. The predicted octanol–water partition coefficient (Wildman–Crippen LogP) is 0.992. The van der Waals surface area contributed by atoms with E-state index in [1.165, 1.54) is 12.1 Å². The highest BCUT2D eigenvalue weighted by molar-refractivity contribution is 6.33. The van der Waals surface area contributed by atoms with Crippen LogP contribution in [-0.4, -0.2) is 47.9 Å². The number of benzene rings is 1. The van der Waals surface area contributed by atoms with E-state index in [1.54, 1.807) is 13.0 Å². The molecule has 0 aromatic heterocycles. The molecule has 2 aliphatic rings. The van der Waals surface area contributed by atoms with Crippen molar-refractivity contribution in [3.05, 3.63) is 23.2 Å². The number of carbonyl (C=O) groups excluding carboxylic acids is 4. The number of nitrogens with one attached hydrogen (secondary N) is 1. The first-order chi connectivity index (χ1) is 10.9. The molecule has 0 spiro atoms. The second-order valence-electron chi connectivity index (χ2n) is 4.94. The van der Waals surface area contributed by atoms with E-state index < -0.39 is 36.4 Å². The molecule has 1 atom stereocenters. The highest BCUT2D eigenvalue weighted by Crippen LogP contribution is 2.38. The Morgan fingerprint density at radius 2 is 2.09 bits per heavy atom. The van der Waals surface area contributed by atoms with Crippen LogP contribution in [-0.2, 0) is 19.1 Å². The zero-order valence-electron chi connectivity index (χ0n) is 12.0. The van der Waals surface area contributed by atoms with Crippen LogP contribution in [0.4, 0.5) is 16.2 Å². The van der Waals surface area contributed by atoms with Gasteiger partial charge in [0.15, 0.2) is 6.04 Å². The number of amides is 4. The average Bonchev–Trinajstić information content (AvgIpc) is 2.73. The van der Waals surface area contributed by atoms with Gasteiger partial charge in [-0.2, -0.15) is 0 Å². The molecule has 3 rings (SSSR count). The summed E-state index contributed by atoms with van der Waals surface area (Å²) < 4.78 is 4.74. The molecule has 23 heavy (non-hydrogen) atoms. The maximum absolute atomic E-state index is 12.5. The van der Waals surface area contributed by atoms with Crippen LogP contribution in [0.15, 0.2) is 18.2 Å². The molecule has 1 aromatic carbocycles. The predicted molar refractivity (Wildman–Crippen MR) is 80.1 cm³/mol. The summed E-state index contributed by atoms with van der Waals surface area (Å²) in [5, 5.41) is 2.92. The molecule has 0 aliphatic carbocycles. The standard InChI is InChI=1S/C14H12ClN3O5/c1-2-23-10(19)6-17-13(21)11-12(20)16-8-5-7(15)3-4-9(8)18(11)14(17)22/h3-5,11H,2,6H2,1H3,(H,16,20). The average molecular weight is 338 g/mol. The largest absolute Gasteiger partial charge is 0.465 e. The van der Waals surface area contributed by atoms with Gasteiger partial charge in [-0.05, 0) is 25.1 Å². The van der Waals surface area contributed by atoms with Gasteiger partial charge in [0.25, 0.3) is 11.8 Å².